The fourth-order valence-electron chi connectivity index (χ4n) is 2.35. The maximum atomic E-state index is 11.3. The Bertz CT molecular complexity index is 537. The number of fused-ring (bicyclic) bond motifs is 1. The van der Waals surface area contributed by atoms with Crippen molar-refractivity contribution in [2.24, 2.45) is 0 Å². The molecule has 0 bridgehead atoms. The Morgan fingerprint density at radius 1 is 1.28 bits per heavy atom. The number of pyridine rings is 1. The molecule has 0 radical (unpaired) electrons. The van der Waals surface area contributed by atoms with E-state index in [1.165, 1.54) is 0 Å². The molecule has 18 heavy (non-hydrogen) atoms. The second-order valence-corrected chi connectivity index (χ2v) is 4.52. The lowest BCUT2D eigenvalue weighted by atomic mass is 9.91. The fourth-order valence-corrected chi connectivity index (χ4v) is 2.35. The number of hydrogen-bond acceptors (Lipinski definition) is 4. The highest BCUT2D eigenvalue weighted by molar-refractivity contribution is 6.02. The quantitative estimate of drug-likeness (QED) is 0.753. The maximum absolute atomic E-state index is 11.3. The van der Waals surface area contributed by atoms with E-state index in [2.05, 4.69) is 10.3 Å². The third kappa shape index (κ3) is 1.79. The van der Waals surface area contributed by atoms with Crippen LogP contribution in [0.3, 0.4) is 0 Å². The van der Waals surface area contributed by atoms with Crippen LogP contribution in [0.5, 0.6) is 0 Å². The molecular formula is C12H14N2O4. The van der Waals surface area contributed by atoms with Crippen molar-refractivity contribution in [2.45, 2.75) is 26.2 Å². The first-order chi connectivity index (χ1) is 8.43. The van der Waals surface area contributed by atoms with Gasteiger partial charge in [-0.1, -0.05) is 13.8 Å². The van der Waals surface area contributed by atoms with Crippen LogP contribution in [0.25, 0.3) is 0 Å². The number of rotatable bonds is 3. The molecule has 1 aliphatic rings. The first kappa shape index (κ1) is 12.3. The van der Waals surface area contributed by atoms with Gasteiger partial charge in [0.1, 0.15) is 5.82 Å². The van der Waals surface area contributed by atoms with E-state index in [9.17, 15) is 14.7 Å². The highest BCUT2D eigenvalue weighted by Crippen LogP contribution is 2.33. The average Bonchev–Trinajstić information content (AvgIpc) is 2.72. The van der Waals surface area contributed by atoms with E-state index >= 15 is 0 Å². The Balaban J connectivity index is 2.82. The zero-order chi connectivity index (χ0) is 13.4. The van der Waals surface area contributed by atoms with Gasteiger partial charge in [0.15, 0.2) is 5.69 Å². The van der Waals surface area contributed by atoms with Crippen molar-refractivity contribution in [3.63, 3.8) is 0 Å². The number of anilines is 1. The summed E-state index contributed by atoms with van der Waals surface area (Å²) in [6, 6.07) is 0. The molecular weight excluding hydrogens is 236 g/mol. The monoisotopic (exact) mass is 250 g/mol. The lowest BCUT2D eigenvalue weighted by Gasteiger charge is -2.16. The van der Waals surface area contributed by atoms with Crippen LogP contribution in [0.15, 0.2) is 0 Å². The predicted molar refractivity (Wildman–Crippen MR) is 64.4 cm³/mol. The molecule has 1 aromatic heterocycles. The molecule has 0 unspecified atom stereocenters. The summed E-state index contributed by atoms with van der Waals surface area (Å²) >= 11 is 0. The second kappa shape index (κ2) is 4.29. The molecule has 0 aromatic carbocycles. The molecule has 3 N–H and O–H groups in total. The SMILES string of the molecule is CC(C)c1c2c(nc(C(=O)O)c1C(=O)O)NCC2. The summed E-state index contributed by atoms with van der Waals surface area (Å²) in [5.74, 6) is -2.11. The molecule has 0 amide bonds. The van der Waals surface area contributed by atoms with Gasteiger partial charge < -0.3 is 15.5 Å². The van der Waals surface area contributed by atoms with Crippen molar-refractivity contribution < 1.29 is 19.8 Å². The summed E-state index contributed by atoms with van der Waals surface area (Å²) in [6.07, 6.45) is 0.677. The Hall–Kier alpha value is -2.11. The molecule has 96 valence electrons. The van der Waals surface area contributed by atoms with Gasteiger partial charge in [0.2, 0.25) is 0 Å². The van der Waals surface area contributed by atoms with Crippen LogP contribution in [0, 0.1) is 0 Å². The number of hydrogen-bond donors (Lipinski definition) is 3. The van der Waals surface area contributed by atoms with E-state index in [1.807, 2.05) is 13.8 Å². The Morgan fingerprint density at radius 3 is 2.44 bits per heavy atom. The largest absolute Gasteiger partial charge is 0.478 e. The first-order valence-electron chi connectivity index (χ1n) is 5.70. The summed E-state index contributed by atoms with van der Waals surface area (Å²) in [7, 11) is 0. The van der Waals surface area contributed by atoms with Gasteiger partial charge in [-0.25, -0.2) is 14.6 Å². The number of nitrogens with zero attached hydrogens (tertiary/aromatic N) is 1. The van der Waals surface area contributed by atoms with Gasteiger partial charge >= 0.3 is 11.9 Å². The number of carboxylic acids is 2. The van der Waals surface area contributed by atoms with Crippen molar-refractivity contribution in [1.29, 1.82) is 0 Å². The Morgan fingerprint density at radius 2 is 1.94 bits per heavy atom. The molecule has 2 rings (SSSR count). The summed E-state index contributed by atoms with van der Waals surface area (Å²) in [5, 5.41) is 21.3. The Labute approximate surface area is 104 Å². The van der Waals surface area contributed by atoms with Crippen molar-refractivity contribution >= 4 is 17.8 Å². The van der Waals surface area contributed by atoms with Gasteiger partial charge in [0, 0.05) is 12.1 Å². The van der Waals surface area contributed by atoms with Crippen LogP contribution < -0.4 is 5.32 Å². The molecule has 0 aliphatic carbocycles. The molecule has 0 spiro atoms. The highest BCUT2D eigenvalue weighted by Gasteiger charge is 2.30. The third-order valence-electron chi connectivity index (χ3n) is 3.00. The normalized spacial score (nSPS) is 13.3. The van der Waals surface area contributed by atoms with Gasteiger partial charge in [-0.05, 0) is 17.9 Å². The molecule has 2 heterocycles. The van der Waals surface area contributed by atoms with Gasteiger partial charge in [-0.3, -0.25) is 0 Å². The molecule has 0 atom stereocenters. The first-order valence-corrected chi connectivity index (χ1v) is 5.70. The summed E-state index contributed by atoms with van der Waals surface area (Å²) in [5.41, 5.74) is 0.835. The van der Waals surface area contributed by atoms with Crippen LogP contribution in [0.2, 0.25) is 0 Å². The maximum Gasteiger partial charge on any atom is 0.355 e. The fraction of sp³-hybridized carbons (Fsp3) is 0.417. The molecule has 6 heteroatoms. The second-order valence-electron chi connectivity index (χ2n) is 4.52. The summed E-state index contributed by atoms with van der Waals surface area (Å²) < 4.78 is 0. The van der Waals surface area contributed by atoms with Crippen LogP contribution in [0.4, 0.5) is 5.82 Å². The number of nitrogens with one attached hydrogen (secondary N) is 1. The van der Waals surface area contributed by atoms with Crippen molar-refractivity contribution in [2.75, 3.05) is 11.9 Å². The van der Waals surface area contributed by atoms with E-state index < -0.39 is 11.9 Å². The van der Waals surface area contributed by atoms with E-state index in [0.29, 0.717) is 24.3 Å². The predicted octanol–water partition coefficient (Wildman–Crippen LogP) is 1.57. The summed E-state index contributed by atoms with van der Waals surface area (Å²) in [4.78, 5) is 26.4. The lowest BCUT2D eigenvalue weighted by Crippen LogP contribution is -2.17. The van der Waals surface area contributed by atoms with Crippen LogP contribution in [0.1, 0.15) is 51.7 Å². The van der Waals surface area contributed by atoms with Gasteiger partial charge in [0.25, 0.3) is 0 Å². The smallest absolute Gasteiger partial charge is 0.355 e. The van der Waals surface area contributed by atoms with Crippen LogP contribution in [-0.4, -0.2) is 33.7 Å². The van der Waals surface area contributed by atoms with Gasteiger partial charge in [-0.15, -0.1) is 0 Å². The number of aromatic nitrogens is 1. The number of carbonyl (C=O) groups is 2. The highest BCUT2D eigenvalue weighted by atomic mass is 16.4. The molecule has 1 aliphatic heterocycles. The number of carboxylic acid groups (broad SMARTS) is 2. The molecule has 6 nitrogen and oxygen atoms in total. The van der Waals surface area contributed by atoms with Gasteiger partial charge in [-0.2, -0.15) is 0 Å². The lowest BCUT2D eigenvalue weighted by molar-refractivity contribution is 0.0645. The van der Waals surface area contributed by atoms with E-state index in [0.717, 1.165) is 5.56 Å². The van der Waals surface area contributed by atoms with E-state index in [-0.39, 0.29) is 17.2 Å². The summed E-state index contributed by atoms with van der Waals surface area (Å²) in [6.45, 7) is 4.36. The third-order valence-corrected chi connectivity index (χ3v) is 3.00. The van der Waals surface area contributed by atoms with Crippen molar-refractivity contribution in [1.82, 2.24) is 4.98 Å². The topological polar surface area (TPSA) is 99.5 Å². The minimum atomic E-state index is -1.31. The van der Waals surface area contributed by atoms with E-state index in [4.69, 9.17) is 5.11 Å². The van der Waals surface area contributed by atoms with Crippen molar-refractivity contribution in [3.05, 3.63) is 22.4 Å². The van der Waals surface area contributed by atoms with Crippen LogP contribution in [-0.2, 0) is 6.42 Å². The molecule has 0 fully saturated rings. The van der Waals surface area contributed by atoms with Crippen LogP contribution >= 0.6 is 0 Å². The van der Waals surface area contributed by atoms with Gasteiger partial charge in [0.05, 0.1) is 5.56 Å². The minimum absolute atomic E-state index is 0.0640. The van der Waals surface area contributed by atoms with Crippen molar-refractivity contribution in [3.8, 4) is 0 Å². The molecule has 0 saturated carbocycles. The zero-order valence-corrected chi connectivity index (χ0v) is 10.1. The zero-order valence-electron chi connectivity index (χ0n) is 10.1. The minimum Gasteiger partial charge on any atom is -0.478 e. The molecule has 1 aromatic rings. The Kier molecular flexibility index (Phi) is 2.94. The van der Waals surface area contributed by atoms with E-state index in [1.54, 1.807) is 0 Å². The number of aromatic carboxylic acids is 2. The molecule has 0 saturated heterocycles. The average molecular weight is 250 g/mol. The standard InChI is InChI=1S/C12H14N2O4/c1-5(2)7-6-3-4-13-10(6)14-9(12(17)18)8(7)11(15)16/h5H,3-4H2,1-2H3,(H,13,14)(H,15,16)(H,17,18).